The van der Waals surface area contributed by atoms with Crippen LogP contribution in [0, 0.1) is 0 Å². The van der Waals surface area contributed by atoms with Gasteiger partial charge in [0.05, 0.1) is 0 Å². The topological polar surface area (TPSA) is 67.9 Å². The van der Waals surface area contributed by atoms with Crippen molar-refractivity contribution in [1.29, 1.82) is 0 Å². The number of ether oxygens (including phenoxy) is 1. The van der Waals surface area contributed by atoms with Gasteiger partial charge in [-0.05, 0) is 46.1 Å². The molecule has 1 amide bonds. The molecule has 1 atom stereocenters. The van der Waals surface area contributed by atoms with Crippen LogP contribution in [0.1, 0.15) is 66.1 Å². The molecular formula is C21H32N2O4. The van der Waals surface area contributed by atoms with Crippen LogP contribution in [-0.4, -0.2) is 40.7 Å². The molecular weight excluding hydrogens is 344 g/mol. The predicted molar refractivity (Wildman–Crippen MR) is 104 cm³/mol. The second-order valence-corrected chi connectivity index (χ2v) is 8.53. The van der Waals surface area contributed by atoms with Gasteiger partial charge in [-0.25, -0.2) is 0 Å². The number of carbonyl (C=O) groups excluding carboxylic acids is 2. The Morgan fingerprint density at radius 2 is 1.67 bits per heavy atom. The molecule has 1 aromatic carbocycles. The van der Waals surface area contributed by atoms with Gasteiger partial charge < -0.3 is 10.1 Å². The average Bonchev–Trinajstić information content (AvgIpc) is 2.52. The van der Waals surface area contributed by atoms with Crippen molar-refractivity contribution in [2.24, 2.45) is 0 Å². The molecule has 1 fully saturated rings. The van der Waals surface area contributed by atoms with Crippen LogP contribution < -0.4 is 5.32 Å². The molecule has 1 unspecified atom stereocenters. The summed E-state index contributed by atoms with van der Waals surface area (Å²) in [5.41, 5.74) is 0.338. The maximum Gasteiger partial charge on any atom is 0.302 e. The fourth-order valence-corrected chi connectivity index (χ4v) is 4.11. The lowest BCUT2D eigenvalue weighted by Gasteiger charge is -2.54. The van der Waals surface area contributed by atoms with Crippen molar-refractivity contribution in [2.45, 2.75) is 77.6 Å². The molecule has 0 spiro atoms. The Morgan fingerprint density at radius 1 is 1.11 bits per heavy atom. The number of carbonyl (C=O) groups is 2. The molecule has 1 aliphatic rings. The minimum Gasteiger partial charge on any atom is -0.463 e. The van der Waals surface area contributed by atoms with Gasteiger partial charge in [-0.1, -0.05) is 30.3 Å². The summed E-state index contributed by atoms with van der Waals surface area (Å²) in [5, 5.41) is 5.06. The quantitative estimate of drug-likeness (QED) is 0.771. The van der Waals surface area contributed by atoms with Crippen molar-refractivity contribution < 1.29 is 19.2 Å². The minimum absolute atomic E-state index is 0.0158. The molecule has 0 bridgehead atoms. The van der Waals surface area contributed by atoms with Crippen molar-refractivity contribution in [3.63, 3.8) is 0 Å². The van der Waals surface area contributed by atoms with Gasteiger partial charge in [-0.15, -0.1) is 0 Å². The molecule has 150 valence electrons. The highest BCUT2D eigenvalue weighted by Gasteiger charge is 2.47. The number of hydroxylamine groups is 2. The van der Waals surface area contributed by atoms with E-state index in [1.165, 1.54) is 6.92 Å². The van der Waals surface area contributed by atoms with Gasteiger partial charge in [-0.3, -0.25) is 14.4 Å². The molecule has 0 radical (unpaired) electrons. The highest BCUT2D eigenvalue weighted by Crippen LogP contribution is 2.40. The van der Waals surface area contributed by atoms with E-state index in [0.29, 0.717) is 0 Å². The van der Waals surface area contributed by atoms with Crippen LogP contribution in [0.3, 0.4) is 0 Å². The number of rotatable bonds is 6. The summed E-state index contributed by atoms with van der Waals surface area (Å²) in [6.07, 6.45) is 1.14. The monoisotopic (exact) mass is 376 g/mol. The summed E-state index contributed by atoms with van der Waals surface area (Å²) < 4.78 is 5.26. The Labute approximate surface area is 162 Å². The van der Waals surface area contributed by atoms with Gasteiger partial charge in [0.25, 0.3) is 0 Å². The van der Waals surface area contributed by atoms with Crippen molar-refractivity contribution in [3.05, 3.63) is 35.9 Å². The first kappa shape index (κ1) is 21.4. The minimum atomic E-state index is -0.397. The Hall–Kier alpha value is -1.92. The van der Waals surface area contributed by atoms with Crippen LogP contribution in [0.25, 0.3) is 0 Å². The van der Waals surface area contributed by atoms with Gasteiger partial charge in [0.2, 0.25) is 5.91 Å². The van der Waals surface area contributed by atoms with Crippen molar-refractivity contribution in [1.82, 2.24) is 10.4 Å². The van der Waals surface area contributed by atoms with Gasteiger partial charge in [0, 0.05) is 31.0 Å². The molecule has 1 aliphatic heterocycles. The normalized spacial score (nSPS) is 20.7. The van der Waals surface area contributed by atoms with E-state index in [9.17, 15) is 9.59 Å². The number of hydrogen-bond acceptors (Lipinski definition) is 5. The fraction of sp³-hybridized carbons (Fsp3) is 0.619. The van der Waals surface area contributed by atoms with Crippen LogP contribution in [0.4, 0.5) is 0 Å². The molecule has 6 heteroatoms. The van der Waals surface area contributed by atoms with Crippen LogP contribution in [-0.2, 0) is 19.2 Å². The number of piperidine rings is 1. The van der Waals surface area contributed by atoms with E-state index in [2.05, 4.69) is 33.0 Å². The van der Waals surface area contributed by atoms with Crippen molar-refractivity contribution in [3.8, 4) is 0 Å². The molecule has 6 nitrogen and oxygen atoms in total. The zero-order valence-corrected chi connectivity index (χ0v) is 17.2. The first-order valence-electron chi connectivity index (χ1n) is 9.44. The third-order valence-corrected chi connectivity index (χ3v) is 4.84. The van der Waals surface area contributed by atoms with E-state index in [-0.39, 0.29) is 35.6 Å². The number of nitrogens with one attached hydrogen (secondary N) is 1. The highest BCUT2D eigenvalue weighted by atomic mass is 16.7. The second kappa shape index (κ2) is 8.40. The van der Waals surface area contributed by atoms with Crippen molar-refractivity contribution >= 4 is 11.9 Å². The zero-order valence-electron chi connectivity index (χ0n) is 17.2. The van der Waals surface area contributed by atoms with E-state index in [1.807, 2.05) is 35.4 Å². The van der Waals surface area contributed by atoms with Crippen LogP contribution in [0.2, 0.25) is 0 Å². The third kappa shape index (κ3) is 5.78. The molecule has 1 heterocycles. The number of benzene rings is 1. The highest BCUT2D eigenvalue weighted by molar-refractivity contribution is 5.73. The summed E-state index contributed by atoms with van der Waals surface area (Å²) in [7, 11) is 0. The summed E-state index contributed by atoms with van der Waals surface area (Å²) in [6, 6.07) is 9.86. The number of nitrogens with zero attached hydrogens (tertiary/aromatic N) is 1. The molecule has 1 N–H and O–H groups in total. The fourth-order valence-electron chi connectivity index (χ4n) is 4.11. The van der Waals surface area contributed by atoms with Gasteiger partial charge >= 0.3 is 5.97 Å². The Morgan fingerprint density at radius 3 is 2.15 bits per heavy atom. The van der Waals surface area contributed by atoms with E-state index in [4.69, 9.17) is 9.57 Å². The van der Waals surface area contributed by atoms with Crippen LogP contribution in [0.5, 0.6) is 0 Å². The summed E-state index contributed by atoms with van der Waals surface area (Å²) in [6.45, 7) is 11.5. The lowest BCUT2D eigenvalue weighted by atomic mass is 9.79. The standard InChI is InChI=1S/C21H32N2O4/c1-15(24)22-18-12-20(3,4)23(21(5,6)13-18)27-19(14-26-16(2)25)17-10-8-7-9-11-17/h7-11,18-19H,12-14H2,1-6H3,(H,22,24). The first-order valence-corrected chi connectivity index (χ1v) is 9.44. The van der Waals surface area contributed by atoms with E-state index < -0.39 is 6.10 Å². The number of esters is 1. The maximum atomic E-state index is 11.5. The number of hydrogen-bond donors (Lipinski definition) is 1. The first-order chi connectivity index (χ1) is 12.5. The maximum absolute atomic E-state index is 11.5. The van der Waals surface area contributed by atoms with Crippen LogP contribution in [0.15, 0.2) is 30.3 Å². The smallest absolute Gasteiger partial charge is 0.302 e. The van der Waals surface area contributed by atoms with Crippen molar-refractivity contribution in [2.75, 3.05) is 6.61 Å². The lowest BCUT2D eigenvalue weighted by Crippen LogP contribution is -2.64. The second-order valence-electron chi connectivity index (χ2n) is 8.53. The molecule has 2 rings (SSSR count). The zero-order chi connectivity index (χ0) is 20.2. The molecule has 27 heavy (non-hydrogen) atoms. The molecule has 0 saturated carbocycles. The van der Waals surface area contributed by atoms with E-state index >= 15 is 0 Å². The molecule has 1 aromatic rings. The number of amides is 1. The summed E-state index contributed by atoms with van der Waals surface area (Å²) >= 11 is 0. The van der Waals surface area contributed by atoms with Gasteiger partial charge in [0.1, 0.15) is 12.7 Å². The SMILES string of the molecule is CC(=O)NC1CC(C)(C)N(OC(COC(C)=O)c2ccccc2)C(C)(C)C1. The Bertz CT molecular complexity index is 639. The molecule has 1 saturated heterocycles. The Kier molecular flexibility index (Phi) is 6.65. The van der Waals surface area contributed by atoms with Crippen LogP contribution >= 0.6 is 0 Å². The van der Waals surface area contributed by atoms with E-state index in [0.717, 1.165) is 18.4 Å². The van der Waals surface area contributed by atoms with Gasteiger partial charge in [0.15, 0.2) is 0 Å². The summed E-state index contributed by atoms with van der Waals surface area (Å²) in [5.74, 6) is -0.347. The lowest BCUT2D eigenvalue weighted by molar-refractivity contribution is -0.314. The predicted octanol–water partition coefficient (Wildman–Crippen LogP) is 3.38. The molecule has 0 aliphatic carbocycles. The Balaban J connectivity index is 2.24. The van der Waals surface area contributed by atoms with Gasteiger partial charge in [-0.2, -0.15) is 5.06 Å². The molecule has 0 aromatic heterocycles. The average molecular weight is 376 g/mol. The summed E-state index contributed by atoms with van der Waals surface area (Å²) in [4.78, 5) is 29.3. The van der Waals surface area contributed by atoms with E-state index in [1.54, 1.807) is 6.92 Å². The third-order valence-electron chi connectivity index (χ3n) is 4.84. The largest absolute Gasteiger partial charge is 0.463 e.